The van der Waals surface area contributed by atoms with Crippen LogP contribution in [-0.4, -0.2) is 11.4 Å². The Labute approximate surface area is 102 Å². The fourth-order valence-electron chi connectivity index (χ4n) is 2.08. The Balaban J connectivity index is 2.29. The summed E-state index contributed by atoms with van der Waals surface area (Å²) in [5.41, 5.74) is 1.78. The molecule has 1 heterocycles. The van der Waals surface area contributed by atoms with Crippen molar-refractivity contribution in [3.05, 3.63) is 41.8 Å². The number of anilines is 1. The topological polar surface area (TPSA) is 33.6 Å². The molecular weight excluding hydrogens is 212 g/mol. The normalized spacial score (nSPS) is 18.5. The smallest absolute Gasteiger partial charge is 0.187 e. The molecule has 0 unspecified atom stereocenters. The highest BCUT2D eigenvalue weighted by Crippen LogP contribution is 2.30. The minimum Gasteiger partial charge on any atom is -0.446 e. The van der Waals surface area contributed by atoms with Crippen molar-refractivity contribution in [3.8, 4) is 0 Å². The van der Waals surface area contributed by atoms with Crippen LogP contribution in [0.5, 0.6) is 0 Å². The van der Waals surface area contributed by atoms with Gasteiger partial charge in [0, 0.05) is 12.6 Å². The molecule has 0 fully saturated rings. The zero-order valence-corrected chi connectivity index (χ0v) is 10.7. The fraction of sp³-hybridized carbons (Fsp3) is 0.357. The Morgan fingerprint density at radius 2 is 1.76 bits per heavy atom. The molecule has 1 aromatic rings. The maximum Gasteiger partial charge on any atom is 0.187 e. The number of hydrogen-bond donors (Lipinski definition) is 1. The van der Waals surface area contributed by atoms with Crippen molar-refractivity contribution in [2.45, 2.75) is 33.2 Å². The molecule has 0 atom stereocenters. The van der Waals surface area contributed by atoms with E-state index < -0.39 is 0 Å². The second-order valence-corrected chi connectivity index (χ2v) is 4.71. The zero-order valence-electron chi connectivity index (χ0n) is 10.7. The van der Waals surface area contributed by atoms with E-state index in [2.05, 4.69) is 24.2 Å². The number of rotatable bonds is 2. The molecule has 0 bridgehead atoms. The highest BCUT2D eigenvalue weighted by molar-refractivity contribution is 5.77. The van der Waals surface area contributed by atoms with Gasteiger partial charge in [-0.1, -0.05) is 18.2 Å². The Morgan fingerprint density at radius 3 is 2.35 bits per heavy atom. The third-order valence-electron chi connectivity index (χ3n) is 2.74. The van der Waals surface area contributed by atoms with Crippen LogP contribution in [0.15, 0.2) is 46.8 Å². The van der Waals surface area contributed by atoms with Crippen LogP contribution in [0, 0.1) is 0 Å². The van der Waals surface area contributed by atoms with E-state index in [4.69, 9.17) is 4.74 Å². The molecule has 0 radical (unpaired) electrons. The summed E-state index contributed by atoms with van der Waals surface area (Å²) in [6, 6.07) is 10.1. The average molecular weight is 230 g/mol. The summed E-state index contributed by atoms with van der Waals surface area (Å²) in [7, 11) is 0. The first kappa shape index (κ1) is 11.7. The number of hydrogen-bond acceptors (Lipinski definition) is 3. The summed E-state index contributed by atoms with van der Waals surface area (Å²) >= 11 is 0. The van der Waals surface area contributed by atoms with E-state index in [1.165, 1.54) is 0 Å². The summed E-state index contributed by atoms with van der Waals surface area (Å²) in [6.07, 6.45) is 0. The lowest BCUT2D eigenvalue weighted by molar-refractivity contribution is 0.363. The van der Waals surface area contributed by atoms with Crippen molar-refractivity contribution in [2.75, 3.05) is 5.32 Å². The van der Waals surface area contributed by atoms with Gasteiger partial charge < -0.3 is 10.1 Å². The van der Waals surface area contributed by atoms with Crippen molar-refractivity contribution in [1.29, 1.82) is 0 Å². The first-order valence-electron chi connectivity index (χ1n) is 5.77. The molecule has 1 aliphatic heterocycles. The molecule has 1 aromatic carbocycles. The zero-order chi connectivity index (χ0) is 12.5. The van der Waals surface area contributed by atoms with Gasteiger partial charge in [0.2, 0.25) is 0 Å². The Kier molecular flexibility index (Phi) is 2.92. The third kappa shape index (κ3) is 2.49. The van der Waals surface area contributed by atoms with Gasteiger partial charge in [0.05, 0.1) is 5.70 Å². The first-order chi connectivity index (χ1) is 7.99. The minimum absolute atomic E-state index is 0.276. The van der Waals surface area contributed by atoms with Gasteiger partial charge in [-0.3, -0.25) is 0 Å². The van der Waals surface area contributed by atoms with Crippen LogP contribution < -0.4 is 5.32 Å². The molecule has 3 nitrogen and oxygen atoms in total. The molecular formula is C14H18N2O. The molecule has 0 spiro atoms. The van der Waals surface area contributed by atoms with Crippen molar-refractivity contribution in [2.24, 2.45) is 4.99 Å². The summed E-state index contributed by atoms with van der Waals surface area (Å²) in [5.74, 6) is 1.59. The van der Waals surface area contributed by atoms with Crippen LogP contribution in [-0.2, 0) is 4.74 Å². The third-order valence-corrected chi connectivity index (χ3v) is 2.74. The summed E-state index contributed by atoms with van der Waals surface area (Å²) in [6.45, 7) is 8.00. The van der Waals surface area contributed by atoms with Crippen molar-refractivity contribution < 1.29 is 4.74 Å². The van der Waals surface area contributed by atoms with Crippen LogP contribution in [0.1, 0.15) is 27.7 Å². The second kappa shape index (κ2) is 4.24. The van der Waals surface area contributed by atoms with Gasteiger partial charge in [-0.05, 0) is 32.9 Å². The van der Waals surface area contributed by atoms with E-state index in [1.54, 1.807) is 0 Å². The summed E-state index contributed by atoms with van der Waals surface area (Å²) in [4.78, 5) is 4.52. The standard InChI is InChI=1S/C14H18N2O/c1-10-13(14(3,4)16-11(2)17-10)15-12-8-6-5-7-9-12/h5-9,15H,1-4H3. The van der Waals surface area contributed by atoms with Crippen molar-refractivity contribution in [1.82, 2.24) is 0 Å². The van der Waals surface area contributed by atoms with Crippen LogP contribution in [0.25, 0.3) is 0 Å². The van der Waals surface area contributed by atoms with E-state index in [9.17, 15) is 0 Å². The molecule has 2 rings (SSSR count). The van der Waals surface area contributed by atoms with Crippen molar-refractivity contribution >= 4 is 11.6 Å². The Morgan fingerprint density at radius 1 is 1.12 bits per heavy atom. The molecule has 17 heavy (non-hydrogen) atoms. The van der Waals surface area contributed by atoms with Crippen LogP contribution >= 0.6 is 0 Å². The maximum atomic E-state index is 5.57. The number of para-hydroxylation sites is 1. The van der Waals surface area contributed by atoms with Crippen LogP contribution in [0.2, 0.25) is 0 Å². The molecule has 0 aromatic heterocycles. The van der Waals surface area contributed by atoms with Gasteiger partial charge in [-0.15, -0.1) is 0 Å². The highest BCUT2D eigenvalue weighted by Gasteiger charge is 2.30. The van der Waals surface area contributed by atoms with E-state index >= 15 is 0 Å². The number of nitrogens with one attached hydrogen (secondary N) is 1. The van der Waals surface area contributed by atoms with E-state index in [0.29, 0.717) is 5.90 Å². The number of benzene rings is 1. The van der Waals surface area contributed by atoms with Gasteiger partial charge >= 0.3 is 0 Å². The molecule has 0 aliphatic carbocycles. The average Bonchev–Trinajstić information content (AvgIpc) is 2.24. The maximum absolute atomic E-state index is 5.57. The SMILES string of the molecule is CC1=NC(C)(C)C(Nc2ccccc2)=C(C)O1. The molecule has 1 aliphatic rings. The predicted molar refractivity (Wildman–Crippen MR) is 71.0 cm³/mol. The predicted octanol–water partition coefficient (Wildman–Crippen LogP) is 3.56. The van der Waals surface area contributed by atoms with Crippen LogP contribution in [0.4, 0.5) is 5.69 Å². The fourth-order valence-corrected chi connectivity index (χ4v) is 2.08. The van der Waals surface area contributed by atoms with Gasteiger partial charge in [-0.25, -0.2) is 4.99 Å². The highest BCUT2D eigenvalue weighted by atomic mass is 16.5. The Bertz CT molecular complexity index is 472. The molecule has 3 heteroatoms. The van der Waals surface area contributed by atoms with E-state index in [1.807, 2.05) is 44.2 Å². The van der Waals surface area contributed by atoms with E-state index in [-0.39, 0.29) is 5.54 Å². The number of ether oxygens (including phenoxy) is 1. The van der Waals surface area contributed by atoms with Gasteiger partial charge in [0.15, 0.2) is 5.90 Å². The molecule has 0 saturated heterocycles. The largest absolute Gasteiger partial charge is 0.446 e. The number of allylic oxidation sites excluding steroid dienone is 1. The van der Waals surface area contributed by atoms with E-state index in [0.717, 1.165) is 17.1 Å². The summed E-state index contributed by atoms with van der Waals surface area (Å²) in [5, 5.41) is 3.39. The van der Waals surface area contributed by atoms with Gasteiger partial charge in [0.25, 0.3) is 0 Å². The minimum atomic E-state index is -0.276. The van der Waals surface area contributed by atoms with Crippen molar-refractivity contribution in [3.63, 3.8) is 0 Å². The second-order valence-electron chi connectivity index (χ2n) is 4.71. The molecule has 90 valence electrons. The molecule has 0 amide bonds. The lowest BCUT2D eigenvalue weighted by Gasteiger charge is -2.31. The number of nitrogens with zero attached hydrogens (tertiary/aromatic N) is 1. The lowest BCUT2D eigenvalue weighted by atomic mass is 9.99. The summed E-state index contributed by atoms with van der Waals surface area (Å²) < 4.78 is 5.57. The monoisotopic (exact) mass is 230 g/mol. The van der Waals surface area contributed by atoms with Crippen LogP contribution in [0.3, 0.4) is 0 Å². The molecule has 1 N–H and O–H groups in total. The first-order valence-corrected chi connectivity index (χ1v) is 5.77. The number of aliphatic imine (C=N–C) groups is 1. The Hall–Kier alpha value is -1.77. The van der Waals surface area contributed by atoms with Gasteiger partial charge in [0.1, 0.15) is 11.3 Å². The quantitative estimate of drug-likeness (QED) is 0.842. The lowest BCUT2D eigenvalue weighted by Crippen LogP contribution is -2.32. The van der Waals surface area contributed by atoms with Gasteiger partial charge in [-0.2, -0.15) is 0 Å². The molecule has 0 saturated carbocycles.